The number of hydrogen-bond acceptors (Lipinski definition) is 30. The van der Waals surface area contributed by atoms with E-state index in [2.05, 4.69) is 0 Å². The van der Waals surface area contributed by atoms with Crippen molar-refractivity contribution in [2.75, 3.05) is 26.4 Å². The van der Waals surface area contributed by atoms with E-state index in [-0.39, 0.29) is 71.9 Å². The Kier molecular flexibility index (Phi) is 33.7. The normalized spacial score (nSPS) is 24.5. The zero-order valence-electron chi connectivity index (χ0n) is 73.1. The molecule has 0 aliphatic carbocycles. The number of esters is 7. The number of nitrogens with zero attached hydrogens (tertiary/aromatic N) is 1. The van der Waals surface area contributed by atoms with Crippen molar-refractivity contribution in [2.45, 2.75) is 149 Å². The Morgan fingerprint density at radius 2 is 0.518 bits per heavy atom. The van der Waals surface area contributed by atoms with Gasteiger partial charge in [0.2, 0.25) is 0 Å². The molecule has 0 saturated carbocycles. The van der Waals surface area contributed by atoms with Crippen LogP contribution in [0.4, 0.5) is 4.79 Å². The molecule has 4 fully saturated rings. The van der Waals surface area contributed by atoms with E-state index in [0.29, 0.717) is 22.3 Å². The van der Waals surface area contributed by atoms with Gasteiger partial charge in [0.05, 0.1) is 72.0 Å². The maximum absolute atomic E-state index is 15.5. The van der Waals surface area contributed by atoms with Gasteiger partial charge >= 0.3 is 59.8 Å². The van der Waals surface area contributed by atoms with Crippen LogP contribution in [0, 0.1) is 0 Å². The van der Waals surface area contributed by atoms with Gasteiger partial charge in [0.15, 0.2) is 80.1 Å². The Balaban J connectivity index is 0.872. The molecule has 0 radical (unpaired) electrons. The van der Waals surface area contributed by atoms with Gasteiger partial charge in [-0.05, 0) is 107 Å². The number of carboxylic acid groups (broad SMARTS) is 2. The second-order valence-corrected chi connectivity index (χ2v) is 31.9. The van der Waals surface area contributed by atoms with Crippen LogP contribution in [-0.4, -0.2) is 234 Å². The van der Waals surface area contributed by atoms with E-state index in [1.54, 1.807) is 170 Å². The second kappa shape index (κ2) is 47.6. The number of hydrogen-bond donors (Lipinski definition) is 4. The van der Waals surface area contributed by atoms with Crippen LogP contribution in [-0.2, 0) is 121 Å². The lowest BCUT2D eigenvalue weighted by molar-refractivity contribution is -0.384. The molecule has 4 N–H and O–H groups in total. The minimum absolute atomic E-state index is 0.0208. The molecule has 0 spiro atoms. The zero-order valence-corrected chi connectivity index (χ0v) is 73.1. The van der Waals surface area contributed by atoms with E-state index in [1.165, 1.54) is 163 Å². The van der Waals surface area contributed by atoms with Gasteiger partial charge in [0.25, 0.3) is 0 Å². The summed E-state index contributed by atoms with van der Waals surface area (Å²) in [5.41, 5.74) is 1.49. The van der Waals surface area contributed by atoms with Gasteiger partial charge in [-0.1, -0.05) is 249 Å². The average Bonchev–Trinajstić information content (AvgIpc) is 0.746. The lowest BCUT2D eigenvalue weighted by Crippen LogP contribution is -2.69. The number of ether oxygens (including phenoxy) is 18. The molecular formula is C104H95NO32. The van der Waals surface area contributed by atoms with E-state index in [0.717, 1.165) is 0 Å². The minimum Gasteiger partial charge on any atom is -0.479 e. The molecule has 0 aromatic heterocycles. The molecule has 1 amide bonds. The molecule has 4 aliphatic rings. The quantitative estimate of drug-likeness (QED) is 0.0206. The number of amides is 1. The van der Waals surface area contributed by atoms with Crippen LogP contribution in [0.3, 0.4) is 0 Å². The van der Waals surface area contributed by atoms with Crippen molar-refractivity contribution in [3.63, 3.8) is 0 Å². The molecule has 33 nitrogen and oxygen atoms in total. The number of aliphatic carboxylic acids is 2. The van der Waals surface area contributed by atoms with Crippen molar-refractivity contribution in [3.8, 4) is 0 Å². The third-order valence-corrected chi connectivity index (χ3v) is 22.5. The van der Waals surface area contributed by atoms with Crippen molar-refractivity contribution >= 4 is 59.8 Å². The maximum atomic E-state index is 15.5. The van der Waals surface area contributed by atoms with E-state index in [9.17, 15) is 44.4 Å². The van der Waals surface area contributed by atoms with E-state index in [1.807, 2.05) is 6.07 Å². The summed E-state index contributed by atoms with van der Waals surface area (Å²) < 4.78 is 118. The summed E-state index contributed by atoms with van der Waals surface area (Å²) in [6.07, 6.45) is -46.4. The summed E-state index contributed by atoms with van der Waals surface area (Å²) in [5, 5.41) is 48.2. The molecular weight excluding hydrogens is 1780 g/mol. The summed E-state index contributed by atoms with van der Waals surface area (Å²) in [6.45, 7) is -2.70. The van der Waals surface area contributed by atoms with Crippen molar-refractivity contribution in [3.05, 3.63) is 395 Å². The highest BCUT2D eigenvalue weighted by atomic mass is 16.8. The Bertz CT molecular complexity index is 5780. The van der Waals surface area contributed by atoms with E-state index >= 15 is 24.0 Å². The first kappa shape index (κ1) is 97.0. The van der Waals surface area contributed by atoms with E-state index < -0.39 is 202 Å². The van der Waals surface area contributed by atoms with Crippen LogP contribution in [0.1, 0.15) is 94.8 Å². The summed E-state index contributed by atoms with van der Waals surface area (Å²) >= 11 is 0. The number of rotatable bonds is 38. The van der Waals surface area contributed by atoms with Gasteiger partial charge in [-0.2, -0.15) is 0 Å². The highest BCUT2D eigenvalue weighted by molar-refractivity contribution is 5.93. The summed E-state index contributed by atoms with van der Waals surface area (Å²) in [7, 11) is 0. The Morgan fingerprint density at radius 3 is 0.847 bits per heavy atom. The maximum Gasteiger partial charge on any atom is 0.410 e. The highest BCUT2D eigenvalue weighted by Crippen LogP contribution is 2.41. The molecule has 20 atom stereocenters. The van der Waals surface area contributed by atoms with Gasteiger partial charge in [-0.25, -0.2) is 47.9 Å². The zero-order chi connectivity index (χ0) is 95.5. The van der Waals surface area contributed by atoms with Crippen LogP contribution in [0.25, 0.3) is 0 Å². The summed E-state index contributed by atoms with van der Waals surface area (Å²) in [6, 6.07) is 86.2. The van der Waals surface area contributed by atoms with Gasteiger partial charge in [-0.3, -0.25) is 0 Å². The first-order chi connectivity index (χ1) is 66.7. The van der Waals surface area contributed by atoms with Gasteiger partial charge < -0.3 is 111 Å². The predicted molar refractivity (Wildman–Crippen MR) is 478 cm³/mol. The Morgan fingerprint density at radius 1 is 0.270 bits per heavy atom. The molecule has 0 bridgehead atoms. The number of aliphatic hydroxyl groups is 2. The number of carbonyl (C=O) groups is 10. The minimum atomic E-state index is -2.64. The molecule has 11 aromatic carbocycles. The fourth-order valence-corrected chi connectivity index (χ4v) is 15.6. The summed E-state index contributed by atoms with van der Waals surface area (Å²) in [4.78, 5) is 150. The van der Waals surface area contributed by atoms with Gasteiger partial charge in [0, 0.05) is 13.1 Å². The third kappa shape index (κ3) is 25.5. The molecule has 15 rings (SSSR count). The Labute approximate surface area is 784 Å². The molecule has 4 heterocycles. The molecule has 4 aliphatic heterocycles. The average molecular weight is 1870 g/mol. The third-order valence-electron chi connectivity index (χ3n) is 22.5. The highest BCUT2D eigenvalue weighted by Gasteiger charge is 2.62. The smallest absolute Gasteiger partial charge is 0.410 e. The van der Waals surface area contributed by atoms with Gasteiger partial charge in [0.1, 0.15) is 49.3 Å². The number of carboxylic acids is 2. The SMILES string of the molecule is O=C(O[C@@H]1[C@@H](OC(=O)c2ccccc2)[C@H](O[C@H]2[C@H](O)[C@@H](C(=O)O)O[C@@H](O[C@H]3[C@H](OC(=O)c4ccccc4)[C@@H](OC(=O)c4ccccc4)[C@H](OCCN(Cc4ccccc4)C(=O)OCc4ccccc4)O[C@H]3COCc3ccccc3)[C@@H]2OC(=O)c2ccccc2)O[C@@H](COCc2ccccc2)[C@H]1O[C@@H]1O[C@H](C(=O)O)[C@@H](O)[C@H](OC(=O)c2ccccc2)[C@H]1OC(=O)c1ccccc1)c1ccccc1. The molecule has 33 heteroatoms. The van der Waals surface area contributed by atoms with Crippen LogP contribution < -0.4 is 0 Å². The second-order valence-electron chi connectivity index (χ2n) is 31.9. The Hall–Kier alpha value is -14.6. The van der Waals surface area contributed by atoms with Crippen LogP contribution in [0.5, 0.6) is 0 Å². The fraction of sp³-hybridized carbons (Fsp3) is 0.269. The lowest BCUT2D eigenvalue weighted by Gasteiger charge is -2.50. The van der Waals surface area contributed by atoms with E-state index in [4.69, 9.17) is 85.3 Å². The monoisotopic (exact) mass is 1870 g/mol. The fourth-order valence-electron chi connectivity index (χ4n) is 15.6. The van der Waals surface area contributed by atoms with Crippen molar-refractivity contribution < 1.29 is 154 Å². The summed E-state index contributed by atoms with van der Waals surface area (Å²) in [5.74, 6) is -12.1. The first-order valence-corrected chi connectivity index (χ1v) is 43.8. The standard InChI is InChI=1S/C104H95NO32/c106-77-81(126-93(112)68-42-20-5-21-43-68)87(129-96(115)71-48-26-8-27-49-71)102(136-83(77)91(108)109)134-80-76(63-121-60-66-38-16-3-17-39-66)125-101(90(132-99(118)74-54-32-11-33-55-74)86(80)128-95(114)70-46-24-7-25-47-70)135-82-78(107)84(92(110)111)137-103(88(82)130-97(116)72-50-28-9-29-51-72)133-79-75(62-120-59-65-36-14-2-15-37-65)124-100(89(131-98(117)73-52-30-10-31-53-73)85(79)127-94(113)69-44-22-6-23-45-69)122-57-56-105(58-64-34-12-1-13-35-64)104(119)123-61-67-40-18-4-19-41-67/h1-55,75-90,100-103,106-107H,56-63H2,(H,108,109)(H,110,111)/t75-,76-,77-,78-,79+,80+,81-,82-,83-,84-,85-,86-,87+,88+,89+,90+,100+,101-,102+,103+/m0/s1. The van der Waals surface area contributed by atoms with Gasteiger partial charge in [-0.15, -0.1) is 0 Å². The molecule has 708 valence electrons. The predicted octanol–water partition coefficient (Wildman–Crippen LogP) is 11.8. The largest absolute Gasteiger partial charge is 0.479 e. The molecule has 0 unspecified atom stereocenters. The molecule has 4 saturated heterocycles. The molecule has 137 heavy (non-hydrogen) atoms. The van der Waals surface area contributed by atoms with Crippen molar-refractivity contribution in [1.29, 1.82) is 0 Å². The van der Waals surface area contributed by atoms with Crippen molar-refractivity contribution in [1.82, 2.24) is 4.90 Å². The van der Waals surface area contributed by atoms with Crippen LogP contribution in [0.2, 0.25) is 0 Å². The lowest BCUT2D eigenvalue weighted by atomic mass is 9.94. The number of benzene rings is 11. The number of carbonyl (C=O) groups excluding carboxylic acids is 8. The number of aliphatic hydroxyl groups excluding tert-OH is 2. The van der Waals surface area contributed by atoms with Crippen LogP contribution in [0.15, 0.2) is 334 Å². The van der Waals surface area contributed by atoms with Crippen molar-refractivity contribution in [2.24, 2.45) is 0 Å². The first-order valence-electron chi connectivity index (χ1n) is 43.8. The molecule has 11 aromatic rings. The topological polar surface area (TPSA) is 421 Å². The van der Waals surface area contributed by atoms with Crippen LogP contribution >= 0.6 is 0 Å².